The molecule has 0 aliphatic carbocycles. The molecule has 0 bridgehead atoms. The van der Waals surface area contributed by atoms with Crippen molar-refractivity contribution in [2.75, 3.05) is 21.0 Å². The van der Waals surface area contributed by atoms with Crippen molar-refractivity contribution in [3.63, 3.8) is 0 Å². The van der Waals surface area contributed by atoms with Gasteiger partial charge in [0.1, 0.15) is 11.6 Å². The van der Waals surface area contributed by atoms with E-state index in [1.54, 1.807) is 16.7 Å². The van der Waals surface area contributed by atoms with Gasteiger partial charge in [-0.05, 0) is 58.8 Å². The molecule has 2 aliphatic rings. The van der Waals surface area contributed by atoms with Crippen LogP contribution in [0.25, 0.3) is 22.0 Å². The van der Waals surface area contributed by atoms with Crippen LogP contribution in [0, 0.1) is 11.6 Å². The molecule has 8 heteroatoms. The van der Waals surface area contributed by atoms with E-state index in [0.717, 1.165) is 22.8 Å². The van der Waals surface area contributed by atoms with Crippen molar-refractivity contribution in [1.82, 2.24) is 4.57 Å². The van der Waals surface area contributed by atoms with Gasteiger partial charge < -0.3 is 23.5 Å². The number of pyridine rings is 1. The van der Waals surface area contributed by atoms with Gasteiger partial charge in [0, 0.05) is 24.6 Å². The first-order valence-corrected chi connectivity index (χ1v) is 11.2. The topological polar surface area (TPSA) is 58.9 Å². The van der Waals surface area contributed by atoms with Crippen LogP contribution in [0.2, 0.25) is 0 Å². The fourth-order valence-electron chi connectivity index (χ4n) is 5.12. The third kappa shape index (κ3) is 3.24. The van der Waals surface area contributed by atoms with Crippen LogP contribution in [-0.2, 0) is 19.4 Å². The summed E-state index contributed by atoms with van der Waals surface area (Å²) in [5.41, 5.74) is 3.33. The number of hydrogen-bond acceptors (Lipinski definition) is 5. The van der Waals surface area contributed by atoms with Crippen molar-refractivity contribution in [2.45, 2.75) is 19.4 Å². The predicted octanol–water partition coefficient (Wildman–Crippen LogP) is 4.84. The lowest BCUT2D eigenvalue weighted by molar-refractivity contribution is 0.174. The summed E-state index contributed by atoms with van der Waals surface area (Å²) in [5, 5.41) is 0.977. The first-order valence-electron chi connectivity index (χ1n) is 11.2. The highest BCUT2D eigenvalue weighted by Gasteiger charge is 2.29. The van der Waals surface area contributed by atoms with Crippen LogP contribution in [-0.4, -0.2) is 25.6 Å². The third-order valence-electron chi connectivity index (χ3n) is 6.73. The zero-order valence-electron chi connectivity index (χ0n) is 19.1. The Morgan fingerprint density at radius 2 is 1.80 bits per heavy atom. The first-order chi connectivity index (χ1) is 17.0. The highest BCUT2D eigenvalue weighted by atomic mass is 19.1. The Kier molecular flexibility index (Phi) is 4.91. The second kappa shape index (κ2) is 8.01. The van der Waals surface area contributed by atoms with Crippen LogP contribution >= 0.6 is 0 Å². The molecule has 178 valence electrons. The van der Waals surface area contributed by atoms with Crippen LogP contribution in [0.1, 0.15) is 16.7 Å². The van der Waals surface area contributed by atoms with Crippen LogP contribution in [0.15, 0.2) is 47.3 Å². The van der Waals surface area contributed by atoms with Crippen molar-refractivity contribution in [3.05, 3.63) is 81.1 Å². The van der Waals surface area contributed by atoms with Crippen molar-refractivity contribution >= 4 is 10.8 Å². The summed E-state index contributed by atoms with van der Waals surface area (Å²) >= 11 is 0. The molecule has 0 fully saturated rings. The molecule has 3 heterocycles. The lowest BCUT2D eigenvalue weighted by atomic mass is 9.88. The maximum absolute atomic E-state index is 14.8. The first kappa shape index (κ1) is 21.5. The van der Waals surface area contributed by atoms with Gasteiger partial charge >= 0.3 is 0 Å². The lowest BCUT2D eigenvalue weighted by Gasteiger charge is -2.27. The monoisotopic (exact) mass is 477 g/mol. The second-order valence-corrected chi connectivity index (χ2v) is 8.53. The number of aryl methyl sites for hydroxylation is 1. The Labute approximate surface area is 199 Å². The Balaban J connectivity index is 1.71. The maximum atomic E-state index is 14.8. The number of nitrogens with zero attached hydrogens (tertiary/aromatic N) is 1. The number of rotatable bonds is 4. The van der Waals surface area contributed by atoms with E-state index in [1.807, 2.05) is 12.1 Å². The maximum Gasteiger partial charge on any atom is 0.262 e. The number of fused-ring (bicyclic) bond motifs is 5. The van der Waals surface area contributed by atoms with Gasteiger partial charge in [0.15, 0.2) is 23.0 Å². The summed E-state index contributed by atoms with van der Waals surface area (Å²) in [4.78, 5) is 13.8. The van der Waals surface area contributed by atoms with E-state index in [1.165, 1.54) is 26.4 Å². The molecule has 35 heavy (non-hydrogen) atoms. The van der Waals surface area contributed by atoms with Crippen LogP contribution in [0.5, 0.6) is 23.0 Å². The van der Waals surface area contributed by atoms with E-state index in [9.17, 15) is 13.6 Å². The quantitative estimate of drug-likeness (QED) is 0.421. The Morgan fingerprint density at radius 1 is 1.00 bits per heavy atom. The van der Waals surface area contributed by atoms with Gasteiger partial charge in [0.05, 0.1) is 25.3 Å². The van der Waals surface area contributed by atoms with Gasteiger partial charge in [-0.15, -0.1) is 0 Å². The molecular weight excluding hydrogens is 456 g/mol. The Bertz CT molecular complexity index is 1580. The highest BCUT2D eigenvalue weighted by Crippen LogP contribution is 2.44. The molecular formula is C27H21F2NO5. The van der Waals surface area contributed by atoms with Gasteiger partial charge in [0.2, 0.25) is 6.79 Å². The van der Waals surface area contributed by atoms with E-state index >= 15 is 0 Å². The minimum absolute atomic E-state index is 0.132. The molecule has 2 aliphatic heterocycles. The smallest absolute Gasteiger partial charge is 0.262 e. The van der Waals surface area contributed by atoms with Crippen LogP contribution in [0.3, 0.4) is 0 Å². The lowest BCUT2D eigenvalue weighted by Crippen LogP contribution is -2.28. The number of ether oxygens (including phenoxy) is 4. The van der Waals surface area contributed by atoms with Crippen molar-refractivity contribution in [3.8, 4) is 34.3 Å². The van der Waals surface area contributed by atoms with Gasteiger partial charge in [-0.1, -0.05) is 6.07 Å². The molecule has 0 spiro atoms. The average Bonchev–Trinajstić information content (AvgIpc) is 3.32. The standard InChI is InChI=1S/C27H21F2NO5/c1-32-21-6-5-17-19(9-15-3-4-16(28)11-20(15)29)25-18-12-23-22(34-13-35-23)10-14(18)7-8-30(25)27(31)24(17)26(21)33-2/h3-6,10-12H,7-9,13H2,1-2H3. The number of aromatic nitrogens is 1. The molecule has 6 rings (SSSR count). The minimum atomic E-state index is -0.648. The van der Waals surface area contributed by atoms with Gasteiger partial charge in [0.25, 0.3) is 5.56 Å². The zero-order valence-corrected chi connectivity index (χ0v) is 19.1. The molecule has 3 aromatic carbocycles. The average molecular weight is 477 g/mol. The van der Waals surface area contributed by atoms with Crippen molar-refractivity contribution in [2.24, 2.45) is 0 Å². The Morgan fingerprint density at radius 3 is 2.54 bits per heavy atom. The van der Waals surface area contributed by atoms with Gasteiger partial charge in [-0.3, -0.25) is 4.79 Å². The van der Waals surface area contributed by atoms with E-state index in [2.05, 4.69) is 0 Å². The predicted molar refractivity (Wildman–Crippen MR) is 126 cm³/mol. The third-order valence-corrected chi connectivity index (χ3v) is 6.73. The zero-order chi connectivity index (χ0) is 24.3. The molecule has 4 aromatic rings. The largest absolute Gasteiger partial charge is 0.493 e. The molecule has 0 saturated heterocycles. The normalized spacial score (nSPS) is 13.5. The van der Waals surface area contributed by atoms with Crippen molar-refractivity contribution < 1.29 is 27.7 Å². The molecule has 0 radical (unpaired) electrons. The van der Waals surface area contributed by atoms with E-state index in [4.69, 9.17) is 18.9 Å². The molecule has 0 amide bonds. The molecule has 0 atom stereocenters. The molecule has 6 nitrogen and oxygen atoms in total. The summed E-state index contributed by atoms with van der Waals surface area (Å²) < 4.78 is 52.3. The van der Waals surface area contributed by atoms with Crippen molar-refractivity contribution in [1.29, 1.82) is 0 Å². The summed E-state index contributed by atoms with van der Waals surface area (Å²) in [5.74, 6) is 0.713. The fourth-order valence-corrected chi connectivity index (χ4v) is 5.12. The van der Waals surface area contributed by atoms with Crippen LogP contribution < -0.4 is 24.5 Å². The molecule has 0 N–H and O–H groups in total. The second-order valence-electron chi connectivity index (χ2n) is 8.53. The number of hydrogen-bond donors (Lipinski definition) is 0. The number of methoxy groups -OCH3 is 2. The molecule has 0 saturated carbocycles. The SMILES string of the molecule is COc1ccc2c(Cc3ccc(F)cc3F)c3n(c(=O)c2c1OC)CCc1cc2c(cc1-3)OCO2. The minimum Gasteiger partial charge on any atom is -0.493 e. The summed E-state index contributed by atoms with van der Waals surface area (Å²) in [6.45, 7) is 0.559. The van der Waals surface area contributed by atoms with Crippen LogP contribution in [0.4, 0.5) is 8.78 Å². The summed E-state index contributed by atoms with van der Waals surface area (Å²) in [6, 6.07) is 10.9. The number of benzene rings is 3. The van der Waals surface area contributed by atoms with E-state index in [-0.39, 0.29) is 18.8 Å². The number of halogens is 2. The summed E-state index contributed by atoms with van der Waals surface area (Å²) in [6.07, 6.45) is 0.753. The molecule has 1 aromatic heterocycles. The van der Waals surface area contributed by atoms with Gasteiger partial charge in [-0.2, -0.15) is 0 Å². The summed E-state index contributed by atoms with van der Waals surface area (Å²) in [7, 11) is 2.99. The highest BCUT2D eigenvalue weighted by molar-refractivity contribution is 5.96. The van der Waals surface area contributed by atoms with E-state index in [0.29, 0.717) is 58.0 Å². The fraction of sp³-hybridized carbons (Fsp3) is 0.222. The van der Waals surface area contributed by atoms with E-state index < -0.39 is 11.6 Å². The molecule has 0 unspecified atom stereocenters. The Hall–Kier alpha value is -4.07. The van der Waals surface area contributed by atoms with Gasteiger partial charge in [-0.25, -0.2) is 8.78 Å².